The largest absolute Gasteiger partial charge is 0.504 e. The van der Waals surface area contributed by atoms with Gasteiger partial charge in [0.2, 0.25) is 0 Å². The van der Waals surface area contributed by atoms with Crippen LogP contribution in [0.25, 0.3) is 0 Å². The molecule has 7 heteroatoms. The van der Waals surface area contributed by atoms with E-state index in [0.717, 1.165) is 81.2 Å². The van der Waals surface area contributed by atoms with Gasteiger partial charge in [-0.3, -0.25) is 9.89 Å². The molecule has 2 aliphatic heterocycles. The Morgan fingerprint density at radius 3 is 2.69 bits per heavy atom. The molecule has 7 nitrogen and oxygen atoms in total. The van der Waals surface area contributed by atoms with Crippen LogP contribution in [0.5, 0.6) is 17.2 Å². The zero-order valence-electron chi connectivity index (χ0n) is 18.6. The number of anilines is 1. The number of phenols is 2. The molecule has 32 heavy (non-hydrogen) atoms. The van der Waals surface area contributed by atoms with Crippen molar-refractivity contribution in [1.82, 2.24) is 10.2 Å². The van der Waals surface area contributed by atoms with Gasteiger partial charge < -0.3 is 25.2 Å². The van der Waals surface area contributed by atoms with Crippen molar-refractivity contribution in [2.45, 2.75) is 31.2 Å². The molecule has 2 atom stereocenters. The number of piperazine rings is 1. The molecule has 0 radical (unpaired) electrons. The first-order valence-corrected chi connectivity index (χ1v) is 11.6. The smallest absolute Gasteiger partial charge is 0.157 e. The number of para-hydroxylation sites is 2. The highest BCUT2D eigenvalue weighted by Gasteiger charge is 2.36. The third-order valence-corrected chi connectivity index (χ3v) is 7.13. The van der Waals surface area contributed by atoms with Crippen molar-refractivity contribution < 1.29 is 14.9 Å². The van der Waals surface area contributed by atoms with E-state index < -0.39 is 0 Å². The number of methoxy groups -OCH3 is 1. The Labute approximate surface area is 189 Å². The van der Waals surface area contributed by atoms with Crippen molar-refractivity contribution >= 4 is 11.5 Å². The van der Waals surface area contributed by atoms with Gasteiger partial charge in [0.15, 0.2) is 11.5 Å². The molecule has 2 fully saturated rings. The van der Waals surface area contributed by atoms with Gasteiger partial charge in [0.25, 0.3) is 0 Å². The number of ether oxygens (including phenoxy) is 1. The summed E-state index contributed by atoms with van der Waals surface area (Å²) < 4.78 is 5.52. The van der Waals surface area contributed by atoms with Crippen molar-refractivity contribution in [3.8, 4) is 17.2 Å². The average Bonchev–Trinajstić information content (AvgIpc) is 3.24. The Hall–Kier alpha value is -2.93. The summed E-state index contributed by atoms with van der Waals surface area (Å²) in [5.74, 6) is 2.29. The number of nitrogens with zero attached hydrogens (tertiary/aromatic N) is 3. The Kier molecular flexibility index (Phi) is 5.83. The lowest BCUT2D eigenvalue weighted by Gasteiger charge is -2.36. The van der Waals surface area contributed by atoms with Crippen molar-refractivity contribution in [2.24, 2.45) is 4.99 Å². The fraction of sp³-hybridized carbons (Fsp3) is 0.480. The Morgan fingerprint density at radius 1 is 1.09 bits per heavy atom. The van der Waals surface area contributed by atoms with Crippen molar-refractivity contribution in [3.05, 3.63) is 47.5 Å². The second-order valence-electron chi connectivity index (χ2n) is 8.97. The molecule has 170 valence electrons. The number of benzene rings is 2. The molecule has 0 spiro atoms. The van der Waals surface area contributed by atoms with E-state index in [1.54, 1.807) is 19.2 Å². The summed E-state index contributed by atoms with van der Waals surface area (Å²) in [6.45, 7) is 5.80. The van der Waals surface area contributed by atoms with E-state index in [1.165, 1.54) is 5.69 Å². The van der Waals surface area contributed by atoms with Gasteiger partial charge in [0.05, 0.1) is 25.2 Å². The standard InChI is InChI=1S/C25H32N4O3/c1-32-24-5-3-2-4-21(24)29-12-10-28(11-13-29)9-8-26-25-16-19-18-15-23(31)22(30)14-17(18)6-7-20(19)27-25/h2-5,14-15,19-20,30-31H,6-13,16H2,1H3,(H,26,27). The van der Waals surface area contributed by atoms with Gasteiger partial charge >= 0.3 is 0 Å². The molecule has 2 aromatic rings. The Morgan fingerprint density at radius 2 is 1.88 bits per heavy atom. The predicted molar refractivity (Wildman–Crippen MR) is 126 cm³/mol. The molecule has 5 rings (SSSR count). The number of fused-ring (bicyclic) bond motifs is 3. The van der Waals surface area contributed by atoms with E-state index in [4.69, 9.17) is 9.73 Å². The van der Waals surface area contributed by atoms with Crippen LogP contribution < -0.4 is 15.0 Å². The number of aliphatic imine (C=N–C) groups is 1. The van der Waals surface area contributed by atoms with Crippen LogP contribution in [-0.4, -0.2) is 73.4 Å². The summed E-state index contributed by atoms with van der Waals surface area (Å²) in [7, 11) is 1.73. The van der Waals surface area contributed by atoms with Crippen LogP contribution in [0.1, 0.15) is 29.9 Å². The Balaban J connectivity index is 1.14. The number of phenolic OH excluding ortho intramolecular Hbond substituents is 2. The number of hydrogen-bond donors (Lipinski definition) is 3. The number of aryl methyl sites for hydroxylation is 1. The number of hydrogen-bond acceptors (Lipinski definition) is 6. The van der Waals surface area contributed by atoms with Crippen LogP contribution in [-0.2, 0) is 6.42 Å². The quantitative estimate of drug-likeness (QED) is 0.626. The van der Waals surface area contributed by atoms with E-state index >= 15 is 0 Å². The maximum Gasteiger partial charge on any atom is 0.157 e. The van der Waals surface area contributed by atoms with Crippen LogP contribution in [0.15, 0.2) is 41.4 Å². The molecule has 2 aromatic carbocycles. The minimum atomic E-state index is -0.0259. The van der Waals surface area contributed by atoms with Crippen LogP contribution in [0, 0.1) is 0 Å². The van der Waals surface area contributed by atoms with Crippen LogP contribution in [0.4, 0.5) is 5.69 Å². The second-order valence-corrected chi connectivity index (χ2v) is 8.97. The number of amidine groups is 1. The average molecular weight is 437 g/mol. The summed E-state index contributed by atoms with van der Waals surface area (Å²) in [4.78, 5) is 9.76. The minimum Gasteiger partial charge on any atom is -0.504 e. The Bertz CT molecular complexity index is 1000. The lowest BCUT2D eigenvalue weighted by molar-refractivity contribution is 0.264. The summed E-state index contributed by atoms with van der Waals surface area (Å²) in [6.07, 6.45) is 2.83. The molecule has 2 unspecified atom stereocenters. The third-order valence-electron chi connectivity index (χ3n) is 7.13. The maximum atomic E-state index is 9.95. The molecule has 3 aliphatic rings. The molecule has 0 aromatic heterocycles. The highest BCUT2D eigenvalue weighted by Crippen LogP contribution is 2.42. The number of rotatable bonds is 5. The predicted octanol–water partition coefficient (Wildman–Crippen LogP) is 2.72. The van der Waals surface area contributed by atoms with E-state index in [2.05, 4.69) is 27.2 Å². The summed E-state index contributed by atoms with van der Waals surface area (Å²) in [5.41, 5.74) is 3.48. The molecule has 0 amide bonds. The first-order valence-electron chi connectivity index (χ1n) is 11.6. The molecule has 3 N–H and O–H groups in total. The SMILES string of the molecule is COc1ccccc1N1CCN(CCN=C2CC3c4cc(O)c(O)cc4CCC3N2)CC1. The van der Waals surface area contributed by atoms with Crippen LogP contribution >= 0.6 is 0 Å². The van der Waals surface area contributed by atoms with Crippen molar-refractivity contribution in [2.75, 3.05) is 51.3 Å². The van der Waals surface area contributed by atoms with Gasteiger partial charge in [0, 0.05) is 51.1 Å². The highest BCUT2D eigenvalue weighted by atomic mass is 16.5. The zero-order valence-corrected chi connectivity index (χ0v) is 18.6. The maximum absolute atomic E-state index is 9.95. The van der Waals surface area contributed by atoms with Gasteiger partial charge in [-0.25, -0.2) is 0 Å². The van der Waals surface area contributed by atoms with E-state index in [1.807, 2.05) is 12.1 Å². The van der Waals surface area contributed by atoms with Gasteiger partial charge in [-0.2, -0.15) is 0 Å². The van der Waals surface area contributed by atoms with E-state index in [-0.39, 0.29) is 11.5 Å². The summed E-state index contributed by atoms with van der Waals surface area (Å²) in [6, 6.07) is 12.1. The fourth-order valence-electron chi connectivity index (χ4n) is 5.37. The molecule has 2 heterocycles. The second kappa shape index (κ2) is 8.90. The highest BCUT2D eigenvalue weighted by molar-refractivity contribution is 5.86. The zero-order chi connectivity index (χ0) is 22.1. The molecular weight excluding hydrogens is 404 g/mol. The van der Waals surface area contributed by atoms with Gasteiger partial charge in [-0.15, -0.1) is 0 Å². The third kappa shape index (κ3) is 4.09. The fourth-order valence-corrected chi connectivity index (χ4v) is 5.37. The molecular formula is C25H32N4O3. The summed E-state index contributed by atoms with van der Waals surface area (Å²) in [5, 5.41) is 23.4. The van der Waals surface area contributed by atoms with Gasteiger partial charge in [0.1, 0.15) is 5.75 Å². The topological polar surface area (TPSA) is 80.6 Å². The molecule has 2 saturated heterocycles. The minimum absolute atomic E-state index is 0.0205. The van der Waals surface area contributed by atoms with Crippen LogP contribution in [0.3, 0.4) is 0 Å². The molecule has 0 bridgehead atoms. The van der Waals surface area contributed by atoms with E-state index in [9.17, 15) is 10.2 Å². The number of aromatic hydroxyl groups is 2. The molecule has 1 aliphatic carbocycles. The monoisotopic (exact) mass is 436 g/mol. The first-order chi connectivity index (χ1) is 15.6. The van der Waals surface area contributed by atoms with Gasteiger partial charge in [-0.05, 0) is 48.2 Å². The normalized spacial score (nSPS) is 24.2. The lowest BCUT2D eigenvalue weighted by Crippen LogP contribution is -2.47. The van der Waals surface area contributed by atoms with Crippen LogP contribution in [0.2, 0.25) is 0 Å². The summed E-state index contributed by atoms with van der Waals surface area (Å²) >= 11 is 0. The van der Waals surface area contributed by atoms with Crippen molar-refractivity contribution in [3.63, 3.8) is 0 Å². The number of nitrogens with one attached hydrogen (secondary N) is 1. The van der Waals surface area contributed by atoms with Crippen molar-refractivity contribution in [1.29, 1.82) is 0 Å². The van der Waals surface area contributed by atoms with Gasteiger partial charge in [-0.1, -0.05) is 12.1 Å². The first kappa shape index (κ1) is 20.9. The van der Waals surface area contributed by atoms with E-state index in [0.29, 0.717) is 12.0 Å². The lowest BCUT2D eigenvalue weighted by atomic mass is 9.79. The molecule has 0 saturated carbocycles.